The van der Waals surface area contributed by atoms with Crippen molar-refractivity contribution in [3.05, 3.63) is 117 Å². The van der Waals surface area contributed by atoms with Crippen LogP contribution in [0.4, 0.5) is 0 Å². The predicted octanol–water partition coefficient (Wildman–Crippen LogP) is 14.5. The molecule has 262 valence electrons. The van der Waals surface area contributed by atoms with Gasteiger partial charge in [-0.15, -0.1) is 9.24 Å². The second kappa shape index (κ2) is 13.8. The van der Waals surface area contributed by atoms with Gasteiger partial charge in [-0.1, -0.05) is 82.3 Å². The van der Waals surface area contributed by atoms with Gasteiger partial charge in [-0.2, -0.15) is 0 Å². The summed E-state index contributed by atoms with van der Waals surface area (Å²) in [6.45, 7) is 22.3. The lowest BCUT2D eigenvalue weighted by atomic mass is 9.88. The lowest BCUT2D eigenvalue weighted by molar-refractivity contribution is 0.499. The number of fused-ring (bicyclic) bond motifs is 7. The molecule has 1 aromatic heterocycles. The minimum atomic E-state index is -1.88. The lowest BCUT2D eigenvalue weighted by Crippen LogP contribution is -2.07. The second-order valence-corrected chi connectivity index (χ2v) is 16.3. The fourth-order valence-electron chi connectivity index (χ4n) is 7.58. The van der Waals surface area contributed by atoms with Crippen LogP contribution in [0.2, 0.25) is 0 Å². The molecule has 0 aliphatic heterocycles. The van der Waals surface area contributed by atoms with E-state index in [1.165, 1.54) is 60.8 Å². The lowest BCUT2D eigenvalue weighted by Gasteiger charge is -2.21. The maximum absolute atomic E-state index is 7.00. The topological polar surface area (TPSA) is 35.5 Å². The minimum absolute atomic E-state index is 0.486. The van der Waals surface area contributed by atoms with Crippen LogP contribution in [0.5, 0.6) is 5.75 Å². The molecule has 0 saturated heterocycles. The Balaban J connectivity index is 1.55. The van der Waals surface area contributed by atoms with E-state index in [2.05, 4.69) is 151 Å². The van der Waals surface area contributed by atoms with Crippen LogP contribution in [0.25, 0.3) is 54.6 Å². The number of rotatable bonds is 7. The highest BCUT2D eigenvalue weighted by atomic mass is 31.1. The molecule has 0 saturated carbocycles. The molecular weight excluding hydrogens is 662 g/mol. The highest BCUT2D eigenvalue weighted by Crippen LogP contribution is 2.46. The molecule has 0 amide bonds. The molecule has 3 atom stereocenters. The first-order valence-corrected chi connectivity index (χ1v) is 20.0. The zero-order valence-electron chi connectivity index (χ0n) is 31.7. The Morgan fingerprint density at radius 1 is 0.588 bits per heavy atom. The molecule has 5 heteroatoms. The molecule has 3 nitrogen and oxygen atoms in total. The summed E-state index contributed by atoms with van der Waals surface area (Å²) in [5, 5.41) is 7.98. The minimum Gasteiger partial charge on any atom is -0.390 e. The standard InChI is InChI=1S/C46H50O3P2/c1-11-25(3)33-13-17-37-35(23-33)15-19-39-45(37)46-38-18-14-34(26(4)12-2)24-36(38)16-20-40(46)48-51(47-39)49-41-21-27(5)29(7)31(9)43(41)44-32(10)30(8)28(6)22-42(44)50/h13-26H,11-12,50H2,1-10H3. The predicted molar refractivity (Wildman–Crippen MR) is 224 cm³/mol. The van der Waals surface area contributed by atoms with Gasteiger partial charge in [-0.3, -0.25) is 0 Å². The number of hydrogen-bond acceptors (Lipinski definition) is 3. The molecule has 0 bridgehead atoms. The summed E-state index contributed by atoms with van der Waals surface area (Å²) in [5.74, 6) is 1.75. The normalized spacial score (nSPS) is 13.4. The molecule has 0 N–H and O–H groups in total. The van der Waals surface area contributed by atoms with Crippen LogP contribution in [0.1, 0.15) is 96.9 Å². The molecule has 0 aliphatic carbocycles. The first kappa shape index (κ1) is 35.4. The maximum atomic E-state index is 7.00. The first-order chi connectivity index (χ1) is 24.4. The summed E-state index contributed by atoms with van der Waals surface area (Å²) in [6.07, 6.45) is 2.20. The number of hydrogen-bond donors (Lipinski definition) is 0. The van der Waals surface area contributed by atoms with E-state index in [4.69, 9.17) is 12.9 Å². The van der Waals surface area contributed by atoms with E-state index >= 15 is 0 Å². The van der Waals surface area contributed by atoms with Crippen molar-refractivity contribution in [3.8, 4) is 16.9 Å². The fourth-order valence-corrected chi connectivity index (χ4v) is 9.23. The second-order valence-electron chi connectivity index (χ2n) is 14.7. The first-order valence-electron chi connectivity index (χ1n) is 18.4. The summed E-state index contributed by atoms with van der Waals surface area (Å²) < 4.78 is 20.8. The SMILES string of the molecule is CCC(C)c1ccc2c(ccc3op(Oc4cc(C)c(C)c(C)c4-c4c(P)cc(C)c(C)c4C)oc4ccc5cc(C(C)CC)ccc5c4c32)c1. The van der Waals surface area contributed by atoms with E-state index in [0.717, 1.165) is 62.2 Å². The van der Waals surface area contributed by atoms with Crippen molar-refractivity contribution in [1.29, 1.82) is 0 Å². The fraction of sp³-hybridized carbons (Fsp3) is 0.304. The zero-order valence-corrected chi connectivity index (χ0v) is 33.8. The van der Waals surface area contributed by atoms with Gasteiger partial charge >= 0.3 is 8.24 Å². The molecule has 0 fully saturated rings. The number of aryl methyl sites for hydroxylation is 2. The summed E-state index contributed by atoms with van der Waals surface area (Å²) >= 11 is 0. The molecule has 0 aliphatic rings. The van der Waals surface area contributed by atoms with Crippen molar-refractivity contribution >= 4 is 66.3 Å². The zero-order chi connectivity index (χ0) is 36.3. The van der Waals surface area contributed by atoms with Crippen LogP contribution < -0.4 is 9.83 Å². The van der Waals surface area contributed by atoms with Crippen molar-refractivity contribution in [3.63, 3.8) is 0 Å². The monoisotopic (exact) mass is 712 g/mol. The Hall–Kier alpha value is -4.03. The molecule has 0 radical (unpaired) electrons. The van der Waals surface area contributed by atoms with Crippen LogP contribution in [0, 0.1) is 41.5 Å². The average molecular weight is 713 g/mol. The van der Waals surface area contributed by atoms with Gasteiger partial charge in [0.15, 0.2) is 0 Å². The van der Waals surface area contributed by atoms with Gasteiger partial charge in [-0.25, -0.2) is 0 Å². The molecule has 1 heterocycles. The summed E-state index contributed by atoms with van der Waals surface area (Å²) in [7, 11) is 1.10. The Morgan fingerprint density at radius 3 is 1.55 bits per heavy atom. The third kappa shape index (κ3) is 6.18. The molecule has 7 rings (SSSR count). The van der Waals surface area contributed by atoms with E-state index in [-0.39, 0.29) is 0 Å². The van der Waals surface area contributed by atoms with Gasteiger partial charge in [0.05, 0.1) is 0 Å². The van der Waals surface area contributed by atoms with E-state index in [0.29, 0.717) is 11.8 Å². The molecule has 0 spiro atoms. The van der Waals surface area contributed by atoms with Gasteiger partial charge in [0.25, 0.3) is 0 Å². The molecule has 51 heavy (non-hydrogen) atoms. The Morgan fingerprint density at radius 2 is 1.06 bits per heavy atom. The summed E-state index contributed by atoms with van der Waals surface area (Å²) in [4.78, 5) is 0. The average Bonchev–Trinajstić information content (AvgIpc) is 3.29. The van der Waals surface area contributed by atoms with Crippen molar-refractivity contribution in [2.75, 3.05) is 0 Å². The van der Waals surface area contributed by atoms with Crippen molar-refractivity contribution in [1.82, 2.24) is 0 Å². The van der Waals surface area contributed by atoms with Gasteiger partial charge < -0.3 is 12.9 Å². The van der Waals surface area contributed by atoms with Gasteiger partial charge in [0.1, 0.15) is 16.9 Å². The van der Waals surface area contributed by atoms with E-state index in [9.17, 15) is 0 Å². The largest absolute Gasteiger partial charge is 0.453 e. The van der Waals surface area contributed by atoms with Crippen molar-refractivity contribution in [2.24, 2.45) is 0 Å². The molecule has 6 aromatic carbocycles. The smallest absolute Gasteiger partial charge is 0.390 e. The highest BCUT2D eigenvalue weighted by molar-refractivity contribution is 7.32. The van der Waals surface area contributed by atoms with Gasteiger partial charge in [0, 0.05) is 16.3 Å². The van der Waals surface area contributed by atoms with Crippen LogP contribution in [0.3, 0.4) is 0 Å². The Kier molecular flexibility index (Phi) is 9.60. The van der Waals surface area contributed by atoms with E-state index in [1.807, 2.05) is 0 Å². The highest BCUT2D eigenvalue weighted by Gasteiger charge is 2.22. The van der Waals surface area contributed by atoms with Crippen LogP contribution in [0.15, 0.2) is 81.2 Å². The van der Waals surface area contributed by atoms with Crippen molar-refractivity contribution in [2.45, 2.75) is 93.9 Å². The van der Waals surface area contributed by atoms with Crippen LogP contribution >= 0.6 is 17.5 Å². The quantitative estimate of drug-likeness (QED) is 0.154. The summed E-state index contributed by atoms with van der Waals surface area (Å²) in [5.41, 5.74) is 14.0. The Bertz CT molecular complexity index is 2430. The van der Waals surface area contributed by atoms with Crippen LogP contribution in [-0.4, -0.2) is 0 Å². The number of benzene rings is 6. The molecular formula is C46H50O3P2. The van der Waals surface area contributed by atoms with Crippen molar-refractivity contribution < 1.29 is 12.9 Å². The van der Waals surface area contributed by atoms with E-state index in [1.54, 1.807) is 0 Å². The Labute approximate surface area is 306 Å². The molecule has 3 unspecified atom stereocenters. The molecule has 7 aromatic rings. The van der Waals surface area contributed by atoms with Gasteiger partial charge in [0.2, 0.25) is 0 Å². The van der Waals surface area contributed by atoms with Gasteiger partial charge in [-0.05, 0) is 161 Å². The van der Waals surface area contributed by atoms with E-state index < -0.39 is 8.24 Å². The third-order valence-electron chi connectivity index (χ3n) is 11.7. The summed E-state index contributed by atoms with van der Waals surface area (Å²) in [6, 6.07) is 26.8. The van der Waals surface area contributed by atoms with Crippen LogP contribution in [-0.2, 0) is 0 Å². The third-order valence-corrected chi connectivity index (χ3v) is 13.2. The maximum Gasteiger partial charge on any atom is 0.453 e.